The van der Waals surface area contributed by atoms with E-state index in [2.05, 4.69) is 5.10 Å². The summed E-state index contributed by atoms with van der Waals surface area (Å²) in [7, 11) is 1.58. The van der Waals surface area contributed by atoms with Crippen LogP contribution in [0, 0.1) is 11.8 Å². The molecule has 0 unspecified atom stereocenters. The average Bonchev–Trinajstić information content (AvgIpc) is 3.42. The molecule has 2 N–H and O–H groups in total. The van der Waals surface area contributed by atoms with Crippen LogP contribution in [-0.4, -0.2) is 15.7 Å². The Balaban J connectivity index is 1.84. The standard InChI is InChI=1S/C18H19F2N3O/c1-23-16(14(18(21)24)15(22-23)17(19)20)11-5-3-2-4-10(11)13-8-12(13)9-6-7-9/h2-5,9,12-13,17H,6-8H2,1H3,(H2,21,24)/t12-,13+/m1/s1. The first kappa shape index (κ1) is 15.3. The number of carbonyl (C=O) groups is 1. The van der Waals surface area contributed by atoms with Crippen LogP contribution < -0.4 is 5.73 Å². The minimum Gasteiger partial charge on any atom is -0.365 e. The zero-order valence-corrected chi connectivity index (χ0v) is 13.4. The molecule has 0 radical (unpaired) electrons. The molecule has 6 heteroatoms. The molecule has 4 nitrogen and oxygen atoms in total. The molecule has 1 heterocycles. The number of hydrogen-bond acceptors (Lipinski definition) is 2. The minimum atomic E-state index is -2.83. The fourth-order valence-electron chi connectivity index (χ4n) is 3.90. The Morgan fingerprint density at radius 1 is 1.33 bits per heavy atom. The lowest BCUT2D eigenvalue weighted by Crippen LogP contribution is -2.14. The van der Waals surface area contributed by atoms with Crippen molar-refractivity contribution in [3.05, 3.63) is 41.1 Å². The van der Waals surface area contributed by atoms with Crippen LogP contribution in [0.2, 0.25) is 0 Å². The largest absolute Gasteiger partial charge is 0.365 e. The summed E-state index contributed by atoms with van der Waals surface area (Å²) in [5, 5.41) is 3.86. The van der Waals surface area contributed by atoms with Crippen molar-refractivity contribution in [3.63, 3.8) is 0 Å². The van der Waals surface area contributed by atoms with Crippen molar-refractivity contribution >= 4 is 5.91 Å². The summed E-state index contributed by atoms with van der Waals surface area (Å²) in [5.41, 5.74) is 7.01. The van der Waals surface area contributed by atoms with E-state index in [4.69, 9.17) is 5.73 Å². The number of aromatic nitrogens is 2. The second kappa shape index (κ2) is 5.40. The number of primary amides is 1. The molecule has 1 amide bonds. The van der Waals surface area contributed by atoms with E-state index < -0.39 is 18.0 Å². The molecule has 1 aromatic heterocycles. The van der Waals surface area contributed by atoms with Crippen molar-refractivity contribution in [3.8, 4) is 11.3 Å². The number of nitrogens with two attached hydrogens (primary N) is 1. The Kier molecular flexibility index (Phi) is 3.44. The second-order valence-electron chi connectivity index (χ2n) is 6.83. The van der Waals surface area contributed by atoms with Gasteiger partial charge < -0.3 is 5.73 Å². The molecule has 0 spiro atoms. The average molecular weight is 331 g/mol. The summed E-state index contributed by atoms with van der Waals surface area (Å²) in [4.78, 5) is 11.8. The second-order valence-corrected chi connectivity index (χ2v) is 6.83. The molecule has 0 bridgehead atoms. The summed E-state index contributed by atoms with van der Waals surface area (Å²) >= 11 is 0. The summed E-state index contributed by atoms with van der Waals surface area (Å²) in [6.45, 7) is 0. The Bertz CT molecular complexity index is 811. The van der Waals surface area contributed by atoms with Gasteiger partial charge in [0.1, 0.15) is 5.69 Å². The molecule has 2 aliphatic carbocycles. The molecule has 2 saturated carbocycles. The number of hydrogen-bond donors (Lipinski definition) is 1. The third-order valence-corrected chi connectivity index (χ3v) is 5.21. The van der Waals surface area contributed by atoms with Gasteiger partial charge in [-0.1, -0.05) is 24.3 Å². The van der Waals surface area contributed by atoms with Crippen LogP contribution in [-0.2, 0) is 7.05 Å². The summed E-state index contributed by atoms with van der Waals surface area (Å²) < 4.78 is 27.9. The zero-order chi connectivity index (χ0) is 17.0. The van der Waals surface area contributed by atoms with Crippen LogP contribution in [0.4, 0.5) is 8.78 Å². The predicted molar refractivity (Wildman–Crippen MR) is 85.7 cm³/mol. The quantitative estimate of drug-likeness (QED) is 0.909. The molecule has 1 aromatic carbocycles. The highest BCUT2D eigenvalue weighted by Gasteiger charge is 2.48. The van der Waals surface area contributed by atoms with Crippen LogP contribution in [0.5, 0.6) is 0 Å². The molecule has 2 aliphatic rings. The van der Waals surface area contributed by atoms with Crippen molar-refractivity contribution in [2.75, 3.05) is 0 Å². The number of amides is 1. The molecular formula is C18H19F2N3O. The fourth-order valence-corrected chi connectivity index (χ4v) is 3.90. The molecule has 0 aliphatic heterocycles. The van der Waals surface area contributed by atoms with Crippen LogP contribution in [0.1, 0.15) is 53.2 Å². The lowest BCUT2D eigenvalue weighted by atomic mass is 9.95. The number of rotatable bonds is 5. The van der Waals surface area contributed by atoms with E-state index in [0.717, 1.165) is 23.5 Å². The van der Waals surface area contributed by atoms with Crippen LogP contribution in [0.25, 0.3) is 11.3 Å². The van der Waals surface area contributed by atoms with E-state index in [0.29, 0.717) is 17.5 Å². The highest BCUT2D eigenvalue weighted by Crippen LogP contribution is 2.60. The van der Waals surface area contributed by atoms with Gasteiger partial charge in [0.05, 0.1) is 11.3 Å². The predicted octanol–water partition coefficient (Wildman–Crippen LogP) is 3.64. The molecule has 0 saturated heterocycles. The van der Waals surface area contributed by atoms with Gasteiger partial charge in [-0.2, -0.15) is 5.10 Å². The number of benzene rings is 1. The molecule has 2 aromatic rings. The van der Waals surface area contributed by atoms with Crippen LogP contribution in [0.15, 0.2) is 24.3 Å². The van der Waals surface area contributed by atoms with Crippen molar-refractivity contribution in [1.29, 1.82) is 0 Å². The van der Waals surface area contributed by atoms with E-state index >= 15 is 0 Å². The van der Waals surface area contributed by atoms with Crippen molar-refractivity contribution in [2.45, 2.75) is 31.6 Å². The smallest absolute Gasteiger partial charge is 0.282 e. The van der Waals surface area contributed by atoms with E-state index in [1.165, 1.54) is 17.5 Å². The van der Waals surface area contributed by atoms with E-state index in [1.807, 2.05) is 24.3 Å². The Hall–Kier alpha value is -2.24. The fraction of sp³-hybridized carbons (Fsp3) is 0.444. The first-order chi connectivity index (χ1) is 11.5. The third kappa shape index (κ3) is 2.41. The zero-order valence-electron chi connectivity index (χ0n) is 13.4. The van der Waals surface area contributed by atoms with Gasteiger partial charge in [0.15, 0.2) is 0 Å². The van der Waals surface area contributed by atoms with Gasteiger partial charge in [-0.15, -0.1) is 0 Å². The van der Waals surface area contributed by atoms with Crippen molar-refractivity contribution < 1.29 is 13.6 Å². The topological polar surface area (TPSA) is 60.9 Å². The lowest BCUT2D eigenvalue weighted by Gasteiger charge is -2.11. The minimum absolute atomic E-state index is 0.163. The molecule has 2 atom stereocenters. The summed E-state index contributed by atoms with van der Waals surface area (Å²) in [5.74, 6) is 1.07. The molecule has 126 valence electrons. The number of halogens is 2. The van der Waals surface area contributed by atoms with Crippen molar-refractivity contribution in [2.24, 2.45) is 24.6 Å². The number of carbonyl (C=O) groups excluding carboxylic acids is 1. The van der Waals surface area contributed by atoms with Gasteiger partial charge in [0.2, 0.25) is 0 Å². The van der Waals surface area contributed by atoms with Gasteiger partial charge in [0, 0.05) is 12.6 Å². The lowest BCUT2D eigenvalue weighted by molar-refractivity contribution is 0.0985. The van der Waals surface area contributed by atoms with Gasteiger partial charge in [-0.3, -0.25) is 9.48 Å². The monoisotopic (exact) mass is 331 g/mol. The number of aryl methyl sites for hydroxylation is 1. The molecule has 4 rings (SSSR count). The summed E-state index contributed by atoms with van der Waals surface area (Å²) in [6.07, 6.45) is 0.876. The van der Waals surface area contributed by atoms with Gasteiger partial charge in [0.25, 0.3) is 12.3 Å². The Morgan fingerprint density at radius 3 is 2.67 bits per heavy atom. The number of nitrogens with zero attached hydrogens (tertiary/aromatic N) is 2. The first-order valence-corrected chi connectivity index (χ1v) is 8.23. The Morgan fingerprint density at radius 2 is 2.04 bits per heavy atom. The maximum Gasteiger partial charge on any atom is 0.282 e. The van der Waals surface area contributed by atoms with E-state index in [9.17, 15) is 13.6 Å². The van der Waals surface area contributed by atoms with Gasteiger partial charge in [-0.25, -0.2) is 8.78 Å². The normalized spacial score (nSPS) is 22.8. The van der Waals surface area contributed by atoms with Gasteiger partial charge >= 0.3 is 0 Å². The summed E-state index contributed by atoms with van der Waals surface area (Å²) in [6, 6.07) is 7.71. The molecule has 24 heavy (non-hydrogen) atoms. The van der Waals surface area contributed by atoms with E-state index in [1.54, 1.807) is 7.05 Å². The maximum atomic E-state index is 13.3. The highest BCUT2D eigenvalue weighted by atomic mass is 19.3. The van der Waals surface area contributed by atoms with Crippen molar-refractivity contribution in [1.82, 2.24) is 9.78 Å². The highest BCUT2D eigenvalue weighted by molar-refractivity contribution is 6.00. The van der Waals surface area contributed by atoms with Crippen LogP contribution >= 0.6 is 0 Å². The van der Waals surface area contributed by atoms with E-state index in [-0.39, 0.29) is 5.56 Å². The third-order valence-electron chi connectivity index (χ3n) is 5.21. The Labute approximate surface area is 138 Å². The van der Waals surface area contributed by atoms with Crippen LogP contribution in [0.3, 0.4) is 0 Å². The SMILES string of the molecule is Cn1nc(C(F)F)c(C(N)=O)c1-c1ccccc1[C@@H]1C[C@@H]1C1CC1. The number of alkyl halides is 2. The first-order valence-electron chi connectivity index (χ1n) is 8.23. The van der Waals surface area contributed by atoms with Gasteiger partial charge in [-0.05, 0) is 42.6 Å². The molecular weight excluding hydrogens is 312 g/mol. The maximum absolute atomic E-state index is 13.3. The molecule has 2 fully saturated rings.